The van der Waals surface area contributed by atoms with Gasteiger partial charge in [-0.2, -0.15) is 0 Å². The minimum atomic E-state index is -0.147. The second-order valence-electron chi connectivity index (χ2n) is 19.2. The fourth-order valence-electron chi connectivity index (χ4n) is 11.8. The third-order valence-corrected chi connectivity index (χ3v) is 16.1. The fraction of sp³-hybridized carbons (Fsp3) is 0.0938. The summed E-state index contributed by atoms with van der Waals surface area (Å²) in [6, 6.07) is 79.6. The van der Waals surface area contributed by atoms with Crippen LogP contribution in [0.3, 0.4) is 0 Å². The smallest absolute Gasteiger partial charge is 0.0540 e. The number of para-hydroxylation sites is 2. The molecule has 0 atom stereocenters. The van der Waals surface area contributed by atoms with E-state index in [1.165, 1.54) is 109 Å². The normalized spacial score (nSPS) is 14.0. The van der Waals surface area contributed by atoms with E-state index in [1.807, 2.05) is 11.3 Å². The van der Waals surface area contributed by atoms with Crippen LogP contribution in [-0.2, 0) is 10.8 Å². The molecule has 1 aromatic heterocycles. The summed E-state index contributed by atoms with van der Waals surface area (Å²) < 4.78 is 2.64. The molecular formula is C64H47NS. The molecule has 0 unspecified atom stereocenters. The maximum Gasteiger partial charge on any atom is 0.0540 e. The molecule has 11 aromatic rings. The lowest BCUT2D eigenvalue weighted by atomic mass is 9.79. The lowest BCUT2D eigenvalue weighted by Crippen LogP contribution is -2.16. The molecule has 0 saturated heterocycles. The molecule has 2 aliphatic carbocycles. The number of benzene rings is 10. The van der Waals surface area contributed by atoms with E-state index in [9.17, 15) is 0 Å². The average Bonchev–Trinajstić information content (AvgIpc) is 3.95. The molecule has 2 heteroatoms. The summed E-state index contributed by atoms with van der Waals surface area (Å²) in [7, 11) is 0. The van der Waals surface area contributed by atoms with Gasteiger partial charge in [-0.05, 0) is 114 Å². The summed E-state index contributed by atoms with van der Waals surface area (Å²) in [5.41, 5.74) is 21.3. The van der Waals surface area contributed by atoms with Crippen molar-refractivity contribution in [2.75, 3.05) is 4.90 Å². The Kier molecular flexibility index (Phi) is 8.54. The first kappa shape index (κ1) is 38.9. The Hall–Kier alpha value is -7.52. The summed E-state index contributed by atoms with van der Waals surface area (Å²) in [5, 5.41) is 5.19. The standard InChI is InChI=1S/C64H47NS/c1-63(2)54-29-11-7-23-47(54)49-36-35-42(39-56(49)63)44-21-9-13-31-57(44)65(43-20-15-19-41(38-43)45-26-16-28-52-48-24-8-12-30-55(48)64(3,4)61(45)52)58-32-14-10-25-50(58)51-27-17-33-59-60(51)53-37-34-40-18-5-6-22-46(40)62(53)66-59/h5-39H,1-4H3. The minimum absolute atomic E-state index is 0.117. The van der Waals surface area contributed by atoms with Crippen molar-refractivity contribution in [1.82, 2.24) is 0 Å². The molecule has 0 aliphatic heterocycles. The highest BCUT2D eigenvalue weighted by Crippen LogP contribution is 2.55. The van der Waals surface area contributed by atoms with Crippen molar-refractivity contribution in [2.24, 2.45) is 0 Å². The molecule has 0 amide bonds. The minimum Gasteiger partial charge on any atom is -0.309 e. The maximum atomic E-state index is 2.53. The van der Waals surface area contributed by atoms with Gasteiger partial charge in [0, 0.05) is 47.8 Å². The summed E-state index contributed by atoms with van der Waals surface area (Å²) in [4.78, 5) is 2.53. The first-order valence-corrected chi connectivity index (χ1v) is 24.0. The molecule has 1 heterocycles. The predicted molar refractivity (Wildman–Crippen MR) is 283 cm³/mol. The molecule has 0 fully saturated rings. The maximum absolute atomic E-state index is 2.53. The second kappa shape index (κ2) is 14.5. The monoisotopic (exact) mass is 861 g/mol. The van der Waals surface area contributed by atoms with Gasteiger partial charge in [0.1, 0.15) is 0 Å². The van der Waals surface area contributed by atoms with Crippen LogP contribution in [-0.4, -0.2) is 0 Å². The highest BCUT2D eigenvalue weighted by Gasteiger charge is 2.38. The van der Waals surface area contributed by atoms with E-state index >= 15 is 0 Å². The molecule has 10 aromatic carbocycles. The lowest BCUT2D eigenvalue weighted by Gasteiger charge is -2.31. The van der Waals surface area contributed by atoms with Gasteiger partial charge in [0.05, 0.1) is 11.4 Å². The zero-order valence-electron chi connectivity index (χ0n) is 37.6. The average molecular weight is 862 g/mol. The summed E-state index contributed by atoms with van der Waals surface area (Å²) >= 11 is 1.90. The van der Waals surface area contributed by atoms with Crippen LogP contribution in [0.4, 0.5) is 17.1 Å². The Bertz CT molecular complexity index is 3790. The molecule has 0 bridgehead atoms. The molecular weight excluding hydrogens is 815 g/mol. The molecule has 1 nitrogen and oxygen atoms in total. The Morgan fingerprint density at radius 2 is 0.939 bits per heavy atom. The van der Waals surface area contributed by atoms with E-state index in [-0.39, 0.29) is 10.8 Å². The van der Waals surface area contributed by atoms with Crippen molar-refractivity contribution in [3.8, 4) is 55.6 Å². The first-order valence-electron chi connectivity index (χ1n) is 23.2. The van der Waals surface area contributed by atoms with Crippen LogP contribution in [0.15, 0.2) is 212 Å². The highest BCUT2D eigenvalue weighted by atomic mass is 32.1. The van der Waals surface area contributed by atoms with E-state index in [4.69, 9.17) is 0 Å². The Morgan fingerprint density at radius 3 is 1.76 bits per heavy atom. The van der Waals surface area contributed by atoms with Crippen LogP contribution in [0.5, 0.6) is 0 Å². The van der Waals surface area contributed by atoms with Gasteiger partial charge in [0.25, 0.3) is 0 Å². The van der Waals surface area contributed by atoms with Crippen molar-refractivity contribution in [1.29, 1.82) is 0 Å². The molecule has 66 heavy (non-hydrogen) atoms. The van der Waals surface area contributed by atoms with Gasteiger partial charge in [-0.25, -0.2) is 0 Å². The Labute approximate surface area is 390 Å². The van der Waals surface area contributed by atoms with Crippen molar-refractivity contribution in [2.45, 2.75) is 38.5 Å². The zero-order valence-corrected chi connectivity index (χ0v) is 38.4. The zero-order chi connectivity index (χ0) is 44.3. The fourth-order valence-corrected chi connectivity index (χ4v) is 13.0. The van der Waals surface area contributed by atoms with E-state index in [0.29, 0.717) is 0 Å². The highest BCUT2D eigenvalue weighted by molar-refractivity contribution is 7.26. The van der Waals surface area contributed by atoms with Crippen molar-refractivity contribution < 1.29 is 0 Å². The van der Waals surface area contributed by atoms with E-state index in [0.717, 1.165) is 17.1 Å². The number of rotatable bonds is 6. The van der Waals surface area contributed by atoms with Gasteiger partial charge >= 0.3 is 0 Å². The number of nitrogens with zero attached hydrogens (tertiary/aromatic N) is 1. The Morgan fingerprint density at radius 1 is 0.364 bits per heavy atom. The van der Waals surface area contributed by atoms with Gasteiger partial charge < -0.3 is 4.90 Å². The molecule has 2 aliphatic rings. The van der Waals surface area contributed by atoms with Crippen LogP contribution in [0.2, 0.25) is 0 Å². The first-order chi connectivity index (χ1) is 32.3. The van der Waals surface area contributed by atoms with Gasteiger partial charge in [0.15, 0.2) is 0 Å². The van der Waals surface area contributed by atoms with Gasteiger partial charge in [-0.15, -0.1) is 11.3 Å². The molecule has 13 rings (SSSR count). The number of thiophene rings is 1. The predicted octanol–water partition coefficient (Wildman–Crippen LogP) is 18.3. The van der Waals surface area contributed by atoms with Gasteiger partial charge in [-0.1, -0.05) is 204 Å². The van der Waals surface area contributed by atoms with E-state index < -0.39 is 0 Å². The second-order valence-corrected chi connectivity index (χ2v) is 20.2. The topological polar surface area (TPSA) is 3.24 Å². The van der Waals surface area contributed by atoms with E-state index in [1.54, 1.807) is 0 Å². The molecule has 0 radical (unpaired) electrons. The van der Waals surface area contributed by atoms with Crippen LogP contribution in [0.25, 0.3) is 86.6 Å². The van der Waals surface area contributed by atoms with Crippen molar-refractivity contribution >= 4 is 59.3 Å². The van der Waals surface area contributed by atoms with Crippen LogP contribution >= 0.6 is 11.3 Å². The number of hydrogen-bond donors (Lipinski definition) is 0. The van der Waals surface area contributed by atoms with Crippen LogP contribution < -0.4 is 4.90 Å². The van der Waals surface area contributed by atoms with Crippen LogP contribution in [0.1, 0.15) is 49.9 Å². The molecule has 0 spiro atoms. The summed E-state index contributed by atoms with van der Waals surface area (Å²) in [6.45, 7) is 9.52. The SMILES string of the molecule is CC1(C)c2ccccc2-c2ccc(-c3ccccc3N(c3cccc(-c4cccc5c4C(C)(C)c4ccccc4-5)c3)c3ccccc3-c3cccc4sc5c6ccccc6ccc5c34)cc21. The largest absolute Gasteiger partial charge is 0.309 e. The quantitative estimate of drug-likeness (QED) is 0.161. The number of hydrogen-bond acceptors (Lipinski definition) is 2. The molecule has 0 saturated carbocycles. The van der Waals surface area contributed by atoms with E-state index in [2.05, 4.69) is 245 Å². The van der Waals surface area contributed by atoms with Crippen molar-refractivity contribution in [3.05, 3.63) is 235 Å². The van der Waals surface area contributed by atoms with Crippen LogP contribution in [0, 0.1) is 0 Å². The molecule has 314 valence electrons. The number of anilines is 3. The third kappa shape index (κ3) is 5.65. The summed E-state index contributed by atoms with van der Waals surface area (Å²) in [5.74, 6) is 0. The molecule has 0 N–H and O–H groups in total. The number of fused-ring (bicyclic) bond motifs is 11. The van der Waals surface area contributed by atoms with Gasteiger partial charge in [0.2, 0.25) is 0 Å². The third-order valence-electron chi connectivity index (χ3n) is 14.9. The Balaban J connectivity index is 1.05. The van der Waals surface area contributed by atoms with Gasteiger partial charge in [-0.3, -0.25) is 0 Å². The summed E-state index contributed by atoms with van der Waals surface area (Å²) in [6.07, 6.45) is 0. The lowest BCUT2D eigenvalue weighted by molar-refractivity contribution is 0.660. The van der Waals surface area contributed by atoms with Crippen molar-refractivity contribution in [3.63, 3.8) is 0 Å².